The van der Waals surface area contributed by atoms with Crippen molar-refractivity contribution in [3.8, 4) is 0 Å². The van der Waals surface area contributed by atoms with Gasteiger partial charge in [0.05, 0.1) is 6.04 Å². The third kappa shape index (κ3) is 14.8. The molecule has 1 rings (SSSR count). The van der Waals surface area contributed by atoms with Crippen molar-refractivity contribution in [3.63, 3.8) is 0 Å². The minimum atomic E-state index is -1.24. The first-order valence-electron chi connectivity index (χ1n) is 13.8. The number of carbonyl (C=O) groups excluding carboxylic acids is 3. The fourth-order valence-corrected chi connectivity index (χ4v) is 4.02. The second-order valence-corrected chi connectivity index (χ2v) is 10.3. The molecule has 234 valence electrons. The smallest absolute Gasteiger partial charge is 0.326 e. The second kappa shape index (κ2) is 18.9. The van der Waals surface area contributed by atoms with Crippen LogP contribution in [0.4, 0.5) is 0 Å². The van der Waals surface area contributed by atoms with E-state index in [9.17, 15) is 24.3 Å². The maximum Gasteiger partial charge on any atom is 0.326 e. The molecule has 0 saturated heterocycles. The van der Waals surface area contributed by atoms with E-state index >= 15 is 0 Å². The number of rotatable bonds is 19. The number of nitrogens with zero attached hydrogens (tertiary/aromatic N) is 2. The van der Waals surface area contributed by atoms with E-state index in [0.29, 0.717) is 12.8 Å². The van der Waals surface area contributed by atoms with Gasteiger partial charge in [-0.05, 0) is 50.0 Å². The highest BCUT2D eigenvalue weighted by Crippen LogP contribution is 2.09. The zero-order valence-electron chi connectivity index (χ0n) is 24.3. The predicted molar refractivity (Wildman–Crippen MR) is 161 cm³/mol. The Kier molecular flexibility index (Phi) is 16.0. The first kappa shape index (κ1) is 35.6. The number of guanidine groups is 2. The van der Waals surface area contributed by atoms with E-state index in [-0.39, 0.29) is 56.6 Å². The maximum atomic E-state index is 13.4. The van der Waals surface area contributed by atoms with Gasteiger partial charge in [-0.1, -0.05) is 44.2 Å². The summed E-state index contributed by atoms with van der Waals surface area (Å²) in [7, 11) is 0. The van der Waals surface area contributed by atoms with Crippen LogP contribution in [0, 0.1) is 5.92 Å². The number of carboxylic acid groups (broad SMARTS) is 1. The van der Waals surface area contributed by atoms with Crippen molar-refractivity contribution in [2.75, 3.05) is 13.1 Å². The molecular weight excluding hydrogens is 544 g/mol. The number of aliphatic imine (C=N–C) groups is 2. The summed E-state index contributed by atoms with van der Waals surface area (Å²) < 4.78 is 0. The number of hydrogen-bond acceptors (Lipinski definition) is 7. The Bertz CT molecular complexity index is 1070. The summed E-state index contributed by atoms with van der Waals surface area (Å²) in [6, 6.07) is 4.94. The molecule has 0 fully saturated rings. The van der Waals surface area contributed by atoms with Gasteiger partial charge in [-0.25, -0.2) is 4.79 Å². The van der Waals surface area contributed by atoms with Crippen molar-refractivity contribution < 1.29 is 24.3 Å². The van der Waals surface area contributed by atoms with Gasteiger partial charge in [-0.15, -0.1) is 0 Å². The lowest BCUT2D eigenvalue weighted by Gasteiger charge is -2.26. The van der Waals surface area contributed by atoms with E-state index in [2.05, 4.69) is 25.9 Å². The van der Waals surface area contributed by atoms with Crippen molar-refractivity contribution in [3.05, 3.63) is 35.9 Å². The summed E-state index contributed by atoms with van der Waals surface area (Å²) >= 11 is 0. The average Bonchev–Trinajstić information content (AvgIpc) is 2.91. The molecule has 1 aromatic rings. The van der Waals surface area contributed by atoms with E-state index in [1.54, 1.807) is 0 Å². The van der Waals surface area contributed by atoms with Crippen LogP contribution in [0.1, 0.15) is 51.5 Å². The zero-order valence-corrected chi connectivity index (χ0v) is 24.3. The first-order valence-corrected chi connectivity index (χ1v) is 13.8. The second-order valence-electron chi connectivity index (χ2n) is 10.3. The number of nitrogens with one attached hydrogen (secondary N) is 3. The molecule has 0 radical (unpaired) electrons. The minimum Gasteiger partial charge on any atom is -0.480 e. The van der Waals surface area contributed by atoms with Crippen molar-refractivity contribution in [2.24, 2.45) is 44.6 Å². The molecule has 42 heavy (non-hydrogen) atoms. The van der Waals surface area contributed by atoms with Crippen molar-refractivity contribution >= 4 is 35.6 Å². The molecule has 1 aromatic carbocycles. The third-order valence-corrected chi connectivity index (χ3v) is 6.11. The van der Waals surface area contributed by atoms with Gasteiger partial charge in [0.15, 0.2) is 11.9 Å². The fraction of sp³-hybridized carbons (Fsp3) is 0.556. The molecule has 0 saturated carbocycles. The van der Waals surface area contributed by atoms with Gasteiger partial charge in [-0.3, -0.25) is 24.4 Å². The highest BCUT2D eigenvalue weighted by Gasteiger charge is 2.30. The van der Waals surface area contributed by atoms with E-state index in [1.165, 1.54) is 0 Å². The van der Waals surface area contributed by atoms with Gasteiger partial charge in [0.1, 0.15) is 18.1 Å². The SMILES string of the molecule is CC(C)CC(NC(=O)C(CCCN=C(N)N)NC(=O)C(N)Cc1ccccc1)C(=O)NC(CCCN=C(N)N)C(=O)O. The number of aliphatic carboxylic acids is 1. The minimum absolute atomic E-state index is 0.0274. The number of amides is 3. The molecule has 0 aliphatic carbocycles. The van der Waals surface area contributed by atoms with Crippen LogP contribution in [0.5, 0.6) is 0 Å². The van der Waals surface area contributed by atoms with Crippen molar-refractivity contribution in [1.29, 1.82) is 0 Å². The van der Waals surface area contributed by atoms with Gasteiger partial charge in [0, 0.05) is 13.1 Å². The molecule has 4 atom stereocenters. The van der Waals surface area contributed by atoms with Gasteiger partial charge in [0.25, 0.3) is 0 Å². The number of nitrogens with two attached hydrogens (primary N) is 5. The maximum absolute atomic E-state index is 13.4. The number of carbonyl (C=O) groups is 4. The standard InChI is InChI=1S/C27H46N10O5/c1-16(2)14-21(24(40)36-20(25(41)42)11-7-13-34-27(31)32)37-23(39)19(10-6-12-33-26(29)30)35-22(38)18(28)15-17-8-4-3-5-9-17/h3-5,8-9,16,18-21H,6-7,10-15,28H2,1-2H3,(H,35,38)(H,36,40)(H,37,39)(H,41,42)(H4,29,30,33)(H4,31,32,34). The zero-order chi connectivity index (χ0) is 31.7. The Morgan fingerprint density at radius 3 is 1.74 bits per heavy atom. The van der Waals surface area contributed by atoms with Crippen molar-refractivity contribution in [2.45, 2.75) is 76.5 Å². The molecule has 0 spiro atoms. The molecule has 0 aromatic heterocycles. The normalized spacial score (nSPS) is 13.6. The Morgan fingerprint density at radius 2 is 1.24 bits per heavy atom. The van der Waals surface area contributed by atoms with E-state index < -0.39 is 47.9 Å². The van der Waals surface area contributed by atoms with E-state index in [0.717, 1.165) is 5.56 Å². The molecular formula is C27H46N10O5. The summed E-state index contributed by atoms with van der Waals surface area (Å²) in [6.07, 6.45) is 1.37. The quantitative estimate of drug-likeness (QED) is 0.0497. The Balaban J connectivity index is 3.01. The number of hydrogen-bond donors (Lipinski definition) is 9. The largest absolute Gasteiger partial charge is 0.480 e. The number of benzene rings is 1. The summed E-state index contributed by atoms with van der Waals surface area (Å²) in [6.45, 7) is 4.12. The highest BCUT2D eigenvalue weighted by molar-refractivity contribution is 5.94. The molecule has 0 bridgehead atoms. The third-order valence-electron chi connectivity index (χ3n) is 6.11. The van der Waals surface area contributed by atoms with Crippen LogP contribution in [0.15, 0.2) is 40.3 Å². The average molecular weight is 591 g/mol. The lowest BCUT2D eigenvalue weighted by atomic mass is 10.0. The molecule has 15 nitrogen and oxygen atoms in total. The molecule has 14 N–H and O–H groups in total. The van der Waals surface area contributed by atoms with Crippen LogP contribution >= 0.6 is 0 Å². The van der Waals surface area contributed by atoms with Gasteiger partial charge < -0.3 is 49.7 Å². The Morgan fingerprint density at radius 1 is 0.762 bits per heavy atom. The predicted octanol–water partition coefficient (Wildman–Crippen LogP) is -1.75. The van der Waals surface area contributed by atoms with Crippen LogP contribution in [-0.4, -0.2) is 78.0 Å². The lowest BCUT2D eigenvalue weighted by molar-refractivity contribution is -0.142. The molecule has 0 aliphatic rings. The molecule has 3 amide bonds. The van der Waals surface area contributed by atoms with E-state index in [1.807, 2.05) is 44.2 Å². The van der Waals surface area contributed by atoms with Crippen LogP contribution in [0.3, 0.4) is 0 Å². The van der Waals surface area contributed by atoms with Crippen LogP contribution in [0.25, 0.3) is 0 Å². The van der Waals surface area contributed by atoms with Gasteiger partial charge >= 0.3 is 5.97 Å². The molecule has 0 heterocycles. The molecule has 0 aliphatic heterocycles. The molecule has 15 heteroatoms. The van der Waals surface area contributed by atoms with E-state index in [4.69, 9.17) is 28.7 Å². The van der Waals surface area contributed by atoms with Gasteiger partial charge in [-0.2, -0.15) is 0 Å². The lowest BCUT2D eigenvalue weighted by Crippen LogP contribution is -2.57. The monoisotopic (exact) mass is 590 g/mol. The van der Waals surface area contributed by atoms with Crippen LogP contribution in [0.2, 0.25) is 0 Å². The van der Waals surface area contributed by atoms with Crippen molar-refractivity contribution in [1.82, 2.24) is 16.0 Å². The van der Waals surface area contributed by atoms with Crippen LogP contribution in [-0.2, 0) is 25.6 Å². The fourth-order valence-electron chi connectivity index (χ4n) is 4.02. The molecule has 4 unspecified atom stereocenters. The number of carboxylic acids is 1. The van der Waals surface area contributed by atoms with Crippen LogP contribution < -0.4 is 44.6 Å². The Labute approximate surface area is 246 Å². The first-order chi connectivity index (χ1) is 19.8. The highest BCUT2D eigenvalue weighted by atomic mass is 16.4. The summed E-state index contributed by atoms with van der Waals surface area (Å²) in [4.78, 5) is 59.0. The topological polar surface area (TPSA) is 279 Å². The van der Waals surface area contributed by atoms with Gasteiger partial charge in [0.2, 0.25) is 17.7 Å². The Hall–Kier alpha value is -4.40. The summed E-state index contributed by atoms with van der Waals surface area (Å²) in [5.41, 5.74) is 28.3. The summed E-state index contributed by atoms with van der Waals surface area (Å²) in [5.74, 6) is -3.33. The summed E-state index contributed by atoms with van der Waals surface area (Å²) in [5, 5.41) is 17.5.